The van der Waals surface area contributed by atoms with Gasteiger partial charge in [-0.1, -0.05) is 24.3 Å². The number of fused-ring (bicyclic) bond motifs is 1. The molecule has 0 aliphatic heterocycles. The SMILES string of the molecule is COc1ccc2cc([C@H](C)C(=O)OC(C)=O)ccc2c1. The van der Waals surface area contributed by atoms with Crippen molar-refractivity contribution in [3.05, 3.63) is 42.0 Å². The minimum atomic E-state index is -0.590. The van der Waals surface area contributed by atoms with Gasteiger partial charge in [0.2, 0.25) is 0 Å². The molecule has 2 aromatic rings. The molecule has 1 atom stereocenters. The first-order chi connectivity index (χ1) is 9.51. The normalized spacial score (nSPS) is 11.9. The van der Waals surface area contributed by atoms with Gasteiger partial charge in [0.1, 0.15) is 5.75 Å². The highest BCUT2D eigenvalue weighted by atomic mass is 16.6. The average molecular weight is 272 g/mol. The molecule has 0 N–H and O–H groups in total. The predicted molar refractivity (Wildman–Crippen MR) is 75.7 cm³/mol. The molecule has 0 heterocycles. The third-order valence-corrected chi connectivity index (χ3v) is 3.17. The molecular weight excluding hydrogens is 256 g/mol. The zero-order chi connectivity index (χ0) is 14.7. The molecule has 0 spiro atoms. The van der Waals surface area contributed by atoms with Crippen LogP contribution in [0.5, 0.6) is 5.75 Å². The van der Waals surface area contributed by atoms with Crippen molar-refractivity contribution in [3.63, 3.8) is 0 Å². The van der Waals surface area contributed by atoms with Gasteiger partial charge in [0.05, 0.1) is 13.0 Å². The van der Waals surface area contributed by atoms with Crippen LogP contribution in [0.25, 0.3) is 10.8 Å². The maximum atomic E-state index is 11.7. The summed E-state index contributed by atoms with van der Waals surface area (Å²) in [5.74, 6) is -0.822. The maximum absolute atomic E-state index is 11.7. The Balaban J connectivity index is 2.31. The van der Waals surface area contributed by atoms with Crippen LogP contribution in [0.15, 0.2) is 36.4 Å². The van der Waals surface area contributed by atoms with Gasteiger partial charge >= 0.3 is 11.9 Å². The highest BCUT2D eigenvalue weighted by Crippen LogP contribution is 2.25. The molecule has 4 nitrogen and oxygen atoms in total. The summed E-state index contributed by atoms with van der Waals surface area (Å²) in [5.41, 5.74) is 0.814. The number of methoxy groups -OCH3 is 1. The Morgan fingerprint density at radius 3 is 2.35 bits per heavy atom. The van der Waals surface area contributed by atoms with Crippen molar-refractivity contribution in [1.82, 2.24) is 0 Å². The van der Waals surface area contributed by atoms with E-state index in [0.717, 1.165) is 22.1 Å². The van der Waals surface area contributed by atoms with E-state index in [4.69, 9.17) is 4.74 Å². The van der Waals surface area contributed by atoms with E-state index >= 15 is 0 Å². The van der Waals surface area contributed by atoms with E-state index in [1.54, 1.807) is 14.0 Å². The summed E-state index contributed by atoms with van der Waals surface area (Å²) in [7, 11) is 1.62. The fourth-order valence-corrected chi connectivity index (χ4v) is 2.00. The molecule has 0 saturated heterocycles. The lowest BCUT2D eigenvalue weighted by atomic mass is 9.98. The van der Waals surface area contributed by atoms with Gasteiger partial charge in [-0.15, -0.1) is 0 Å². The van der Waals surface area contributed by atoms with Gasteiger partial charge in [-0.2, -0.15) is 0 Å². The minimum absolute atomic E-state index is 0.481. The molecule has 0 bridgehead atoms. The molecule has 0 saturated carbocycles. The Bertz CT molecular complexity index is 661. The molecule has 0 aliphatic carbocycles. The maximum Gasteiger partial charge on any atom is 0.320 e. The van der Waals surface area contributed by atoms with Gasteiger partial charge in [-0.25, -0.2) is 0 Å². The van der Waals surface area contributed by atoms with Gasteiger partial charge in [-0.05, 0) is 35.4 Å². The van der Waals surface area contributed by atoms with Gasteiger partial charge < -0.3 is 9.47 Å². The standard InChI is InChI=1S/C16H16O4/c1-10(16(18)20-11(2)17)12-4-5-14-9-15(19-3)7-6-13(14)8-12/h4-10H,1-3H3/t10-/m0/s1. The quantitative estimate of drug-likeness (QED) is 0.636. The van der Waals surface area contributed by atoms with E-state index < -0.39 is 17.9 Å². The van der Waals surface area contributed by atoms with Crippen molar-refractivity contribution >= 4 is 22.7 Å². The van der Waals surface area contributed by atoms with Crippen LogP contribution in [0.3, 0.4) is 0 Å². The zero-order valence-corrected chi connectivity index (χ0v) is 11.7. The van der Waals surface area contributed by atoms with E-state index in [1.165, 1.54) is 6.92 Å². The molecule has 0 radical (unpaired) electrons. The predicted octanol–water partition coefficient (Wildman–Crippen LogP) is 3.04. The van der Waals surface area contributed by atoms with Crippen molar-refractivity contribution in [2.45, 2.75) is 19.8 Å². The van der Waals surface area contributed by atoms with Crippen LogP contribution < -0.4 is 4.74 Å². The Morgan fingerprint density at radius 1 is 1.05 bits per heavy atom. The zero-order valence-electron chi connectivity index (χ0n) is 11.7. The number of carbonyl (C=O) groups excluding carboxylic acids is 2. The summed E-state index contributed by atoms with van der Waals surface area (Å²) in [6.07, 6.45) is 0. The van der Waals surface area contributed by atoms with Crippen molar-refractivity contribution in [3.8, 4) is 5.75 Å². The van der Waals surface area contributed by atoms with Crippen LogP contribution in [0.2, 0.25) is 0 Å². The third kappa shape index (κ3) is 2.96. The van der Waals surface area contributed by atoms with E-state index in [-0.39, 0.29) is 0 Å². The Labute approximate surface area is 117 Å². The molecule has 2 aromatic carbocycles. The lowest BCUT2D eigenvalue weighted by Crippen LogP contribution is -2.15. The molecular formula is C16H16O4. The second-order valence-electron chi connectivity index (χ2n) is 4.61. The summed E-state index contributed by atoms with van der Waals surface area (Å²) >= 11 is 0. The van der Waals surface area contributed by atoms with Gasteiger partial charge in [0.25, 0.3) is 0 Å². The van der Waals surface area contributed by atoms with Crippen LogP contribution in [0, 0.1) is 0 Å². The molecule has 0 unspecified atom stereocenters. The smallest absolute Gasteiger partial charge is 0.320 e. The molecule has 0 aliphatic rings. The number of ether oxygens (including phenoxy) is 2. The lowest BCUT2D eigenvalue weighted by molar-refractivity contribution is -0.158. The minimum Gasteiger partial charge on any atom is -0.497 e. The molecule has 4 heteroatoms. The number of carbonyl (C=O) groups is 2. The Morgan fingerprint density at radius 2 is 1.70 bits per heavy atom. The van der Waals surface area contributed by atoms with Crippen LogP contribution in [0.1, 0.15) is 25.3 Å². The first-order valence-electron chi connectivity index (χ1n) is 6.31. The lowest BCUT2D eigenvalue weighted by Gasteiger charge is -2.11. The van der Waals surface area contributed by atoms with E-state index in [0.29, 0.717) is 0 Å². The molecule has 0 fully saturated rings. The molecule has 0 aromatic heterocycles. The van der Waals surface area contributed by atoms with E-state index in [2.05, 4.69) is 4.74 Å². The first kappa shape index (κ1) is 14.1. The summed E-state index contributed by atoms with van der Waals surface area (Å²) in [6.45, 7) is 2.94. The van der Waals surface area contributed by atoms with Crippen LogP contribution in [-0.4, -0.2) is 19.0 Å². The highest BCUT2D eigenvalue weighted by Gasteiger charge is 2.18. The third-order valence-electron chi connectivity index (χ3n) is 3.17. The highest BCUT2D eigenvalue weighted by molar-refractivity contribution is 5.90. The van der Waals surface area contributed by atoms with E-state index in [1.807, 2.05) is 36.4 Å². The van der Waals surface area contributed by atoms with Crippen molar-refractivity contribution < 1.29 is 19.1 Å². The number of esters is 2. The van der Waals surface area contributed by atoms with Gasteiger partial charge in [0, 0.05) is 6.92 Å². The monoisotopic (exact) mass is 272 g/mol. The second-order valence-corrected chi connectivity index (χ2v) is 4.61. The van der Waals surface area contributed by atoms with E-state index in [9.17, 15) is 9.59 Å². The number of rotatable bonds is 3. The second kappa shape index (κ2) is 5.74. The fraction of sp³-hybridized carbons (Fsp3) is 0.250. The number of benzene rings is 2. The molecule has 104 valence electrons. The van der Waals surface area contributed by atoms with Crippen LogP contribution in [-0.2, 0) is 14.3 Å². The summed E-state index contributed by atoms with van der Waals surface area (Å²) in [6, 6.07) is 11.4. The van der Waals surface area contributed by atoms with Crippen LogP contribution in [0.4, 0.5) is 0 Å². The molecule has 20 heavy (non-hydrogen) atoms. The van der Waals surface area contributed by atoms with Crippen molar-refractivity contribution in [1.29, 1.82) is 0 Å². The Hall–Kier alpha value is -2.36. The van der Waals surface area contributed by atoms with Crippen molar-refractivity contribution in [2.75, 3.05) is 7.11 Å². The molecule has 0 amide bonds. The van der Waals surface area contributed by atoms with Crippen LogP contribution >= 0.6 is 0 Å². The topological polar surface area (TPSA) is 52.6 Å². The molecule has 2 rings (SSSR count). The number of hydrogen-bond acceptors (Lipinski definition) is 4. The largest absolute Gasteiger partial charge is 0.497 e. The van der Waals surface area contributed by atoms with Gasteiger partial charge in [0.15, 0.2) is 0 Å². The summed E-state index contributed by atoms with van der Waals surface area (Å²) in [4.78, 5) is 22.5. The number of hydrogen-bond donors (Lipinski definition) is 0. The average Bonchev–Trinajstić information content (AvgIpc) is 2.44. The van der Waals surface area contributed by atoms with Crippen molar-refractivity contribution in [2.24, 2.45) is 0 Å². The van der Waals surface area contributed by atoms with Gasteiger partial charge in [-0.3, -0.25) is 9.59 Å². The summed E-state index contributed by atoms with van der Waals surface area (Å²) in [5, 5.41) is 2.03. The Kier molecular flexibility index (Phi) is 4.03. The fourth-order valence-electron chi connectivity index (χ4n) is 2.00. The summed E-state index contributed by atoms with van der Waals surface area (Å²) < 4.78 is 9.79. The first-order valence-corrected chi connectivity index (χ1v) is 6.31.